The Bertz CT molecular complexity index is 555. The van der Waals surface area contributed by atoms with E-state index < -0.39 is 0 Å². The number of nitrogens with zero attached hydrogens (tertiary/aromatic N) is 1. The van der Waals surface area contributed by atoms with Gasteiger partial charge in [-0.05, 0) is 29.7 Å². The van der Waals surface area contributed by atoms with Gasteiger partial charge in [0.05, 0.1) is 0 Å². The van der Waals surface area contributed by atoms with E-state index in [1.807, 2.05) is 24.3 Å². The number of benzene rings is 2. The largest absolute Gasteiger partial charge is 0.354 e. The molecular weight excluding hydrogens is 241 g/mol. The molecule has 0 fully saturated rings. The zero-order chi connectivity index (χ0) is 12.4. The van der Waals surface area contributed by atoms with Gasteiger partial charge in [0.2, 0.25) is 0 Å². The molecule has 1 aliphatic rings. The summed E-state index contributed by atoms with van der Waals surface area (Å²) in [5.74, 6) is -0.0580. The highest BCUT2D eigenvalue weighted by molar-refractivity contribution is 7.24. The van der Waals surface area contributed by atoms with Gasteiger partial charge in [0.1, 0.15) is 5.78 Å². The average molecular weight is 255 g/mol. The summed E-state index contributed by atoms with van der Waals surface area (Å²) in [6.07, 6.45) is 1.01. The van der Waals surface area contributed by atoms with Crippen LogP contribution in [0.15, 0.2) is 54.6 Å². The Labute approximate surface area is 108 Å². The highest BCUT2D eigenvalue weighted by Gasteiger charge is 2.27. The molecule has 0 saturated carbocycles. The van der Waals surface area contributed by atoms with Crippen LogP contribution in [0.1, 0.15) is 16.9 Å². The van der Waals surface area contributed by atoms with Crippen LogP contribution in [0.3, 0.4) is 0 Å². The predicted octanol–water partition coefficient (Wildman–Crippen LogP) is 4.04. The van der Waals surface area contributed by atoms with Crippen molar-refractivity contribution in [2.45, 2.75) is 12.2 Å². The fourth-order valence-electron chi connectivity index (χ4n) is 2.55. The van der Waals surface area contributed by atoms with Gasteiger partial charge in [-0.25, -0.2) is 0 Å². The minimum atomic E-state index is -0.0580. The Morgan fingerprint density at radius 2 is 1.72 bits per heavy atom. The van der Waals surface area contributed by atoms with Gasteiger partial charge in [0.25, 0.3) is 0 Å². The third-order valence-corrected chi connectivity index (χ3v) is 4.19. The van der Waals surface area contributed by atoms with Crippen molar-refractivity contribution in [1.29, 1.82) is 0 Å². The highest BCUT2D eigenvalue weighted by atomic mass is 31.1. The monoisotopic (exact) mass is 255 g/mol. The zero-order valence-corrected chi connectivity index (χ0v) is 10.9. The minimum Gasteiger partial charge on any atom is -0.354 e. The molecule has 1 aliphatic heterocycles. The maximum atomic E-state index is 11.6. The Balaban J connectivity index is 2.02. The van der Waals surface area contributed by atoms with Crippen LogP contribution in [-0.2, 0) is 11.0 Å². The quantitative estimate of drug-likeness (QED) is 0.755. The summed E-state index contributed by atoms with van der Waals surface area (Å²) in [4.78, 5) is 2.22. The third kappa shape index (κ3) is 1.93. The smallest absolute Gasteiger partial charge is 0.185 e. The van der Waals surface area contributed by atoms with Crippen molar-refractivity contribution in [1.82, 2.24) is 0 Å². The second-order valence-electron chi connectivity index (χ2n) is 4.46. The first kappa shape index (κ1) is 11.4. The molecule has 18 heavy (non-hydrogen) atoms. The van der Waals surface area contributed by atoms with Gasteiger partial charge in [-0.3, -0.25) is 4.57 Å². The number of rotatable bonds is 2. The lowest BCUT2D eigenvalue weighted by molar-refractivity contribution is 0.583. The lowest BCUT2D eigenvalue weighted by Gasteiger charge is -2.35. The van der Waals surface area contributed by atoms with Gasteiger partial charge in [-0.1, -0.05) is 42.5 Å². The number of hydrogen-bond acceptors (Lipinski definition) is 2. The Kier molecular flexibility index (Phi) is 3.12. The lowest BCUT2D eigenvalue weighted by Crippen LogP contribution is -2.32. The standard InChI is InChI=1S/C15H14NOP/c17-18-15-14-9-5-4-6-12(14)10-11-16(15)13-7-2-1-3-8-13/h1-9,15H,10-11H2. The van der Waals surface area contributed by atoms with E-state index in [1.54, 1.807) is 0 Å². The zero-order valence-electron chi connectivity index (χ0n) is 9.99. The van der Waals surface area contributed by atoms with Gasteiger partial charge in [0, 0.05) is 12.2 Å². The van der Waals surface area contributed by atoms with Crippen molar-refractivity contribution in [3.63, 3.8) is 0 Å². The molecule has 0 aromatic heterocycles. The van der Waals surface area contributed by atoms with Crippen molar-refractivity contribution in [3.05, 3.63) is 65.7 Å². The molecule has 2 aromatic rings. The molecule has 0 saturated heterocycles. The van der Waals surface area contributed by atoms with Crippen LogP contribution in [0.2, 0.25) is 0 Å². The molecule has 3 heteroatoms. The van der Waals surface area contributed by atoms with Crippen LogP contribution in [0.25, 0.3) is 0 Å². The third-order valence-electron chi connectivity index (χ3n) is 3.44. The van der Waals surface area contributed by atoms with Crippen molar-refractivity contribution >= 4 is 14.1 Å². The Hall–Kier alpha value is -1.66. The van der Waals surface area contributed by atoms with Crippen molar-refractivity contribution in [2.75, 3.05) is 11.4 Å². The van der Waals surface area contributed by atoms with Crippen molar-refractivity contribution < 1.29 is 4.57 Å². The molecular formula is C15H14NOP. The van der Waals surface area contributed by atoms with Crippen LogP contribution in [0, 0.1) is 0 Å². The van der Waals surface area contributed by atoms with E-state index in [2.05, 4.69) is 35.2 Å². The second-order valence-corrected chi connectivity index (χ2v) is 5.16. The van der Waals surface area contributed by atoms with E-state index in [9.17, 15) is 4.57 Å². The maximum Gasteiger partial charge on any atom is 0.185 e. The first-order valence-electron chi connectivity index (χ1n) is 6.12. The summed E-state index contributed by atoms with van der Waals surface area (Å²) in [7, 11) is 0.162. The van der Waals surface area contributed by atoms with Gasteiger partial charge in [0.15, 0.2) is 8.46 Å². The van der Waals surface area contributed by atoms with E-state index >= 15 is 0 Å². The molecule has 90 valence electrons. The summed E-state index contributed by atoms with van der Waals surface area (Å²) in [6.45, 7) is 0.918. The summed E-state index contributed by atoms with van der Waals surface area (Å²) < 4.78 is 11.6. The van der Waals surface area contributed by atoms with E-state index in [4.69, 9.17) is 0 Å². The van der Waals surface area contributed by atoms with Gasteiger partial charge >= 0.3 is 0 Å². The van der Waals surface area contributed by atoms with Crippen LogP contribution in [-0.4, -0.2) is 6.54 Å². The van der Waals surface area contributed by atoms with Gasteiger partial charge in [-0.2, -0.15) is 0 Å². The van der Waals surface area contributed by atoms with Gasteiger partial charge < -0.3 is 4.90 Å². The van der Waals surface area contributed by atoms with E-state index in [0.29, 0.717) is 0 Å². The van der Waals surface area contributed by atoms with Crippen LogP contribution in [0.4, 0.5) is 5.69 Å². The highest BCUT2D eigenvalue weighted by Crippen LogP contribution is 2.39. The number of anilines is 1. The first-order valence-corrected chi connectivity index (χ1v) is 7.00. The topological polar surface area (TPSA) is 20.3 Å². The second kappa shape index (κ2) is 4.91. The molecule has 0 radical (unpaired) electrons. The van der Waals surface area contributed by atoms with Crippen LogP contribution >= 0.6 is 8.46 Å². The lowest BCUT2D eigenvalue weighted by atomic mass is 9.99. The average Bonchev–Trinajstić information content (AvgIpc) is 2.47. The molecule has 0 spiro atoms. The minimum absolute atomic E-state index is 0.0580. The molecule has 0 bridgehead atoms. The number of para-hydroxylation sites is 1. The summed E-state index contributed by atoms with van der Waals surface area (Å²) in [6, 6.07) is 18.5. The molecule has 3 rings (SSSR count). The Morgan fingerprint density at radius 3 is 2.50 bits per heavy atom. The normalized spacial score (nSPS) is 18.7. The molecule has 1 unspecified atom stereocenters. The summed E-state index contributed by atoms with van der Waals surface area (Å²) >= 11 is 0. The maximum absolute atomic E-state index is 11.6. The molecule has 0 amide bonds. The van der Waals surface area contributed by atoms with Crippen LogP contribution in [0.5, 0.6) is 0 Å². The van der Waals surface area contributed by atoms with E-state index in [0.717, 1.165) is 18.7 Å². The molecule has 2 aromatic carbocycles. The summed E-state index contributed by atoms with van der Waals surface area (Å²) in [5, 5.41) is 0. The van der Waals surface area contributed by atoms with Crippen molar-refractivity contribution in [3.8, 4) is 0 Å². The molecule has 0 aliphatic carbocycles. The SMILES string of the molecule is O=PC1c2ccccc2CCN1c1ccccc1. The predicted molar refractivity (Wildman–Crippen MR) is 74.3 cm³/mol. The van der Waals surface area contributed by atoms with Crippen molar-refractivity contribution in [2.24, 2.45) is 0 Å². The molecule has 1 atom stereocenters. The van der Waals surface area contributed by atoms with E-state index in [1.165, 1.54) is 11.1 Å². The fraction of sp³-hybridized carbons (Fsp3) is 0.200. The molecule has 2 nitrogen and oxygen atoms in total. The van der Waals surface area contributed by atoms with Crippen LogP contribution < -0.4 is 4.90 Å². The molecule has 1 heterocycles. The number of fused-ring (bicyclic) bond motifs is 1. The first-order chi connectivity index (χ1) is 8.90. The number of hydrogen-bond donors (Lipinski definition) is 0. The molecule has 0 N–H and O–H groups in total. The Morgan fingerprint density at radius 1 is 1.00 bits per heavy atom. The van der Waals surface area contributed by atoms with E-state index in [-0.39, 0.29) is 14.2 Å². The fourth-order valence-corrected chi connectivity index (χ4v) is 3.28. The van der Waals surface area contributed by atoms with Gasteiger partial charge in [-0.15, -0.1) is 0 Å². The summed E-state index contributed by atoms with van der Waals surface area (Å²) in [5.41, 5.74) is 3.64.